The second kappa shape index (κ2) is 6.06. The highest BCUT2D eigenvalue weighted by Gasteiger charge is 2.35. The van der Waals surface area contributed by atoms with Crippen LogP contribution >= 0.6 is 0 Å². The first-order chi connectivity index (χ1) is 9.97. The molecule has 114 valence electrons. The minimum absolute atomic E-state index is 0.0223. The zero-order chi connectivity index (χ0) is 15.5. The molecule has 0 saturated carbocycles. The predicted octanol–water partition coefficient (Wildman–Crippen LogP) is 0.712. The van der Waals surface area contributed by atoms with Crippen LogP contribution in [0.2, 0.25) is 0 Å². The molecule has 0 spiro atoms. The number of nitrogens with zero attached hydrogens (tertiary/aromatic N) is 1. The van der Waals surface area contributed by atoms with Crippen molar-refractivity contribution in [2.45, 2.75) is 12.0 Å². The Morgan fingerprint density at radius 1 is 1.62 bits per heavy atom. The number of nitro benzene ring substituents is 1. The van der Waals surface area contributed by atoms with E-state index in [0.29, 0.717) is 19.6 Å². The van der Waals surface area contributed by atoms with Crippen molar-refractivity contribution in [3.8, 4) is 0 Å². The van der Waals surface area contributed by atoms with Crippen molar-refractivity contribution < 1.29 is 19.2 Å². The number of carbonyl (C=O) groups is 1. The summed E-state index contributed by atoms with van der Waals surface area (Å²) < 4.78 is 10.7. The molecule has 1 aliphatic heterocycles. The number of methoxy groups -OCH3 is 1. The van der Waals surface area contributed by atoms with E-state index in [-0.39, 0.29) is 23.5 Å². The highest BCUT2D eigenvalue weighted by atomic mass is 16.6. The summed E-state index contributed by atoms with van der Waals surface area (Å²) >= 11 is 0. The number of rotatable bonds is 5. The summed E-state index contributed by atoms with van der Waals surface area (Å²) in [5.74, 6) is -0.415. The molecule has 1 heterocycles. The molecular weight excluding hydrogens is 278 g/mol. The minimum Gasteiger partial charge on any atom is -0.393 e. The van der Waals surface area contributed by atoms with E-state index in [9.17, 15) is 14.9 Å². The molecule has 1 fully saturated rings. The van der Waals surface area contributed by atoms with Gasteiger partial charge in [0.2, 0.25) is 0 Å². The van der Waals surface area contributed by atoms with E-state index >= 15 is 0 Å². The van der Waals surface area contributed by atoms with E-state index in [2.05, 4.69) is 5.32 Å². The van der Waals surface area contributed by atoms with Crippen LogP contribution in [0.3, 0.4) is 0 Å². The van der Waals surface area contributed by atoms with Gasteiger partial charge in [0.1, 0.15) is 11.3 Å². The summed E-state index contributed by atoms with van der Waals surface area (Å²) in [4.78, 5) is 22.3. The van der Waals surface area contributed by atoms with Gasteiger partial charge >= 0.3 is 0 Å². The second-order valence-corrected chi connectivity index (χ2v) is 4.90. The van der Waals surface area contributed by atoms with Crippen molar-refractivity contribution in [1.29, 1.82) is 0 Å². The Morgan fingerprint density at radius 3 is 2.95 bits per heavy atom. The Labute approximate surface area is 121 Å². The summed E-state index contributed by atoms with van der Waals surface area (Å²) in [5.41, 5.74) is 4.88. The summed E-state index contributed by atoms with van der Waals surface area (Å²) in [6.07, 6.45) is 0.686. The molecule has 2 rings (SSSR count). The lowest BCUT2D eigenvalue weighted by Gasteiger charge is -2.25. The van der Waals surface area contributed by atoms with Gasteiger partial charge in [-0.3, -0.25) is 14.9 Å². The molecule has 8 heteroatoms. The van der Waals surface area contributed by atoms with Crippen LogP contribution in [-0.4, -0.2) is 43.3 Å². The lowest BCUT2D eigenvalue weighted by molar-refractivity contribution is -0.383. The predicted molar refractivity (Wildman–Crippen MR) is 75.0 cm³/mol. The SMILES string of the molecule is COC1(CNC(=O)c2ccc(N)c([N+](=O)[O-])c2)CCOC1. The fourth-order valence-corrected chi connectivity index (χ4v) is 2.15. The monoisotopic (exact) mass is 295 g/mol. The molecule has 1 amide bonds. The molecular formula is C13H17N3O5. The molecule has 0 bridgehead atoms. The fourth-order valence-electron chi connectivity index (χ4n) is 2.15. The van der Waals surface area contributed by atoms with Crippen molar-refractivity contribution in [2.24, 2.45) is 0 Å². The van der Waals surface area contributed by atoms with Crippen LogP contribution in [-0.2, 0) is 9.47 Å². The van der Waals surface area contributed by atoms with E-state index in [1.165, 1.54) is 12.1 Å². The molecule has 1 atom stereocenters. The lowest BCUT2D eigenvalue weighted by atomic mass is 10.0. The molecule has 1 unspecified atom stereocenters. The Bertz CT molecular complexity index is 555. The summed E-state index contributed by atoms with van der Waals surface area (Å²) in [5, 5.41) is 13.5. The third-order valence-corrected chi connectivity index (χ3v) is 3.56. The third-order valence-electron chi connectivity index (χ3n) is 3.56. The van der Waals surface area contributed by atoms with Crippen LogP contribution in [0.4, 0.5) is 11.4 Å². The largest absolute Gasteiger partial charge is 0.393 e. The Kier molecular flexibility index (Phi) is 4.39. The van der Waals surface area contributed by atoms with Crippen LogP contribution in [0, 0.1) is 10.1 Å². The molecule has 1 saturated heterocycles. The van der Waals surface area contributed by atoms with E-state index in [1.807, 2.05) is 0 Å². The number of carbonyl (C=O) groups excluding carboxylic acids is 1. The Hall–Kier alpha value is -2.19. The molecule has 21 heavy (non-hydrogen) atoms. The van der Waals surface area contributed by atoms with Crippen LogP contribution in [0.5, 0.6) is 0 Å². The standard InChI is InChI=1S/C13H17N3O5/c1-20-13(4-5-21-8-13)7-15-12(17)9-2-3-10(14)11(6-9)16(18)19/h2-3,6H,4-5,7-8,14H2,1H3,(H,15,17). The quantitative estimate of drug-likeness (QED) is 0.469. The van der Waals surface area contributed by atoms with Crippen LogP contribution < -0.4 is 11.1 Å². The first kappa shape index (κ1) is 15.2. The smallest absolute Gasteiger partial charge is 0.292 e. The molecule has 0 aromatic heterocycles. The topological polar surface area (TPSA) is 117 Å². The summed E-state index contributed by atoms with van der Waals surface area (Å²) in [6.45, 7) is 1.27. The van der Waals surface area contributed by atoms with Gasteiger partial charge in [-0.1, -0.05) is 0 Å². The first-order valence-corrected chi connectivity index (χ1v) is 6.42. The zero-order valence-corrected chi connectivity index (χ0v) is 11.6. The molecule has 3 N–H and O–H groups in total. The van der Waals surface area contributed by atoms with Gasteiger partial charge in [0.25, 0.3) is 11.6 Å². The molecule has 1 aromatic rings. The number of benzene rings is 1. The Morgan fingerprint density at radius 2 is 2.38 bits per heavy atom. The third kappa shape index (κ3) is 3.29. The Balaban J connectivity index is 2.07. The number of nitrogens with one attached hydrogen (secondary N) is 1. The van der Waals surface area contributed by atoms with Crippen molar-refractivity contribution in [3.05, 3.63) is 33.9 Å². The maximum absolute atomic E-state index is 12.1. The molecule has 1 aliphatic rings. The average molecular weight is 295 g/mol. The van der Waals surface area contributed by atoms with E-state index in [1.54, 1.807) is 7.11 Å². The van der Waals surface area contributed by atoms with Gasteiger partial charge in [-0.15, -0.1) is 0 Å². The molecule has 1 aromatic carbocycles. The van der Waals surface area contributed by atoms with Gasteiger partial charge < -0.3 is 20.5 Å². The normalized spacial score (nSPS) is 21.2. The van der Waals surface area contributed by atoms with Crippen molar-refractivity contribution >= 4 is 17.3 Å². The van der Waals surface area contributed by atoms with Crippen molar-refractivity contribution in [3.63, 3.8) is 0 Å². The number of ether oxygens (including phenoxy) is 2. The van der Waals surface area contributed by atoms with E-state index in [0.717, 1.165) is 6.07 Å². The highest BCUT2D eigenvalue weighted by Crippen LogP contribution is 2.23. The van der Waals surface area contributed by atoms with Gasteiger partial charge in [0, 0.05) is 38.3 Å². The number of amides is 1. The maximum atomic E-state index is 12.1. The van der Waals surface area contributed by atoms with Crippen molar-refractivity contribution in [2.75, 3.05) is 32.6 Å². The average Bonchev–Trinajstić information content (AvgIpc) is 2.94. The van der Waals surface area contributed by atoms with Gasteiger partial charge in [-0.2, -0.15) is 0 Å². The molecule has 8 nitrogen and oxygen atoms in total. The number of hydrogen-bond acceptors (Lipinski definition) is 6. The van der Waals surface area contributed by atoms with Gasteiger partial charge in [-0.25, -0.2) is 0 Å². The summed E-state index contributed by atoms with van der Waals surface area (Å²) in [6, 6.07) is 3.95. The first-order valence-electron chi connectivity index (χ1n) is 6.42. The van der Waals surface area contributed by atoms with E-state index in [4.69, 9.17) is 15.2 Å². The van der Waals surface area contributed by atoms with Crippen LogP contribution in [0.1, 0.15) is 16.8 Å². The number of nitrogens with two attached hydrogens (primary N) is 1. The maximum Gasteiger partial charge on any atom is 0.292 e. The highest BCUT2D eigenvalue weighted by molar-refractivity contribution is 5.95. The van der Waals surface area contributed by atoms with Crippen LogP contribution in [0.25, 0.3) is 0 Å². The van der Waals surface area contributed by atoms with Gasteiger partial charge in [0.15, 0.2) is 0 Å². The van der Waals surface area contributed by atoms with Gasteiger partial charge in [0.05, 0.1) is 11.5 Å². The second-order valence-electron chi connectivity index (χ2n) is 4.90. The van der Waals surface area contributed by atoms with Gasteiger partial charge in [-0.05, 0) is 12.1 Å². The van der Waals surface area contributed by atoms with Crippen molar-refractivity contribution in [1.82, 2.24) is 5.32 Å². The summed E-state index contributed by atoms with van der Waals surface area (Å²) in [7, 11) is 1.56. The number of nitrogen functional groups attached to an aromatic ring is 1. The van der Waals surface area contributed by atoms with Crippen LogP contribution in [0.15, 0.2) is 18.2 Å². The molecule has 0 radical (unpaired) electrons. The number of hydrogen-bond donors (Lipinski definition) is 2. The minimum atomic E-state index is -0.617. The number of nitro groups is 1. The lowest BCUT2D eigenvalue weighted by Crippen LogP contribution is -2.45. The zero-order valence-electron chi connectivity index (χ0n) is 11.6. The molecule has 0 aliphatic carbocycles. The van der Waals surface area contributed by atoms with E-state index < -0.39 is 16.4 Å². The number of anilines is 1. The fraction of sp³-hybridized carbons (Fsp3) is 0.462.